The summed E-state index contributed by atoms with van der Waals surface area (Å²) in [5, 5.41) is 11.9. The molecule has 2 aliphatic rings. The zero-order valence-corrected chi connectivity index (χ0v) is 15.6. The minimum Gasteiger partial charge on any atom is -0.352 e. The monoisotopic (exact) mass is 357 g/mol. The zero-order chi connectivity index (χ0) is 18.2. The first-order valence-electron chi connectivity index (χ1n) is 8.55. The Hall–Kier alpha value is -2.00. The smallest absolute Gasteiger partial charge is 0.235 e. The molecule has 2 atom stereocenters. The molecule has 1 aromatic carbocycles. The number of hydrogen-bond donors (Lipinski definition) is 1. The van der Waals surface area contributed by atoms with Gasteiger partial charge in [-0.05, 0) is 51.3 Å². The Labute approximate surface area is 152 Å². The molecule has 1 saturated carbocycles. The molecule has 0 spiro atoms. The average molecular weight is 357 g/mol. The van der Waals surface area contributed by atoms with Gasteiger partial charge in [-0.1, -0.05) is 12.1 Å². The van der Waals surface area contributed by atoms with Gasteiger partial charge in [0.05, 0.1) is 23.4 Å². The number of rotatable bonds is 3. The van der Waals surface area contributed by atoms with Crippen molar-refractivity contribution in [1.82, 2.24) is 10.2 Å². The van der Waals surface area contributed by atoms with Gasteiger partial charge in [-0.2, -0.15) is 5.26 Å². The summed E-state index contributed by atoms with van der Waals surface area (Å²) in [6, 6.07) is 9.29. The first-order valence-corrected chi connectivity index (χ1v) is 9.60. The predicted octanol–water partition coefficient (Wildman–Crippen LogP) is 2.62. The number of carbonyl (C=O) groups is 2. The summed E-state index contributed by atoms with van der Waals surface area (Å²) in [6.45, 7) is 5.95. The third kappa shape index (κ3) is 3.82. The second kappa shape index (κ2) is 6.72. The van der Waals surface area contributed by atoms with E-state index in [1.54, 1.807) is 12.1 Å². The molecule has 0 radical (unpaired) electrons. The fraction of sp³-hybridized carbons (Fsp3) is 0.526. The van der Waals surface area contributed by atoms with Crippen LogP contribution in [0.15, 0.2) is 24.3 Å². The summed E-state index contributed by atoms with van der Waals surface area (Å²) in [4.78, 5) is 27.3. The summed E-state index contributed by atoms with van der Waals surface area (Å²) in [5.41, 5.74) is 0.963. The van der Waals surface area contributed by atoms with Crippen LogP contribution in [0.5, 0.6) is 0 Å². The van der Waals surface area contributed by atoms with E-state index in [0.29, 0.717) is 11.3 Å². The number of amides is 2. The van der Waals surface area contributed by atoms with E-state index in [1.165, 1.54) is 11.8 Å². The topological polar surface area (TPSA) is 73.2 Å². The van der Waals surface area contributed by atoms with Gasteiger partial charge in [0, 0.05) is 11.6 Å². The number of nitrogens with one attached hydrogen (secondary N) is 1. The molecule has 132 valence electrons. The van der Waals surface area contributed by atoms with Gasteiger partial charge in [-0.25, -0.2) is 0 Å². The average Bonchev–Trinajstić information content (AvgIpc) is 3.37. The quantitative estimate of drug-likeness (QED) is 0.902. The van der Waals surface area contributed by atoms with Crippen molar-refractivity contribution in [3.8, 4) is 6.07 Å². The highest BCUT2D eigenvalue weighted by Crippen LogP contribution is 2.41. The zero-order valence-electron chi connectivity index (χ0n) is 14.8. The maximum Gasteiger partial charge on any atom is 0.235 e. The second-order valence-electron chi connectivity index (χ2n) is 7.63. The molecule has 25 heavy (non-hydrogen) atoms. The van der Waals surface area contributed by atoms with Gasteiger partial charge in [0.1, 0.15) is 5.25 Å². The lowest BCUT2D eigenvalue weighted by Gasteiger charge is -2.47. The molecule has 1 aliphatic heterocycles. The molecule has 0 aromatic heterocycles. The molecule has 1 N–H and O–H groups in total. The van der Waals surface area contributed by atoms with E-state index >= 15 is 0 Å². The maximum absolute atomic E-state index is 12.8. The van der Waals surface area contributed by atoms with Gasteiger partial charge in [-0.3, -0.25) is 9.59 Å². The van der Waals surface area contributed by atoms with Crippen LogP contribution in [-0.4, -0.2) is 39.3 Å². The van der Waals surface area contributed by atoms with Crippen LogP contribution in [-0.2, 0) is 9.59 Å². The molecule has 1 saturated heterocycles. The van der Waals surface area contributed by atoms with Crippen molar-refractivity contribution in [3.63, 3.8) is 0 Å². The van der Waals surface area contributed by atoms with E-state index in [4.69, 9.17) is 0 Å². The van der Waals surface area contributed by atoms with E-state index < -0.39 is 5.54 Å². The van der Waals surface area contributed by atoms with Gasteiger partial charge in [0.15, 0.2) is 0 Å². The predicted molar refractivity (Wildman–Crippen MR) is 97.9 cm³/mol. The van der Waals surface area contributed by atoms with Crippen LogP contribution in [0, 0.1) is 11.3 Å². The van der Waals surface area contributed by atoms with Crippen molar-refractivity contribution < 1.29 is 9.59 Å². The van der Waals surface area contributed by atoms with Crippen molar-refractivity contribution in [2.24, 2.45) is 0 Å². The highest BCUT2D eigenvalue weighted by atomic mass is 32.2. The Kier molecular flexibility index (Phi) is 4.79. The molecule has 1 aromatic rings. The SMILES string of the molecule is CC(C)(C)N1C(=O)CSC(C(=O)NC2CC2)C1c1cccc(C#N)c1. The highest BCUT2D eigenvalue weighted by molar-refractivity contribution is 8.01. The molecule has 1 aliphatic carbocycles. The molecule has 6 heteroatoms. The Balaban J connectivity index is 2.02. The van der Waals surface area contributed by atoms with E-state index in [0.717, 1.165) is 18.4 Å². The van der Waals surface area contributed by atoms with Gasteiger partial charge < -0.3 is 10.2 Å². The van der Waals surface area contributed by atoms with Crippen LogP contribution in [0.3, 0.4) is 0 Å². The molecular formula is C19H23N3O2S. The normalized spacial score (nSPS) is 23.9. The Morgan fingerprint density at radius 2 is 2.08 bits per heavy atom. The standard InChI is InChI=1S/C19H23N3O2S/c1-19(2,3)22-15(23)11-25-17(18(24)21-14-7-8-14)16(22)13-6-4-5-12(9-13)10-20/h4-6,9,14,16-17H,7-8,11H2,1-3H3,(H,21,24). The van der Waals surface area contributed by atoms with Gasteiger partial charge in [0.25, 0.3) is 0 Å². The number of hydrogen-bond acceptors (Lipinski definition) is 4. The number of carbonyl (C=O) groups excluding carboxylic acids is 2. The lowest BCUT2D eigenvalue weighted by molar-refractivity contribution is -0.138. The van der Waals surface area contributed by atoms with E-state index in [1.807, 2.05) is 37.8 Å². The van der Waals surface area contributed by atoms with Crippen molar-refractivity contribution in [3.05, 3.63) is 35.4 Å². The van der Waals surface area contributed by atoms with Gasteiger partial charge >= 0.3 is 0 Å². The van der Waals surface area contributed by atoms with Crippen LogP contribution in [0.2, 0.25) is 0 Å². The van der Waals surface area contributed by atoms with E-state index in [2.05, 4.69) is 11.4 Å². The Morgan fingerprint density at radius 3 is 2.68 bits per heavy atom. The largest absolute Gasteiger partial charge is 0.352 e. The van der Waals surface area contributed by atoms with E-state index in [-0.39, 0.29) is 29.1 Å². The van der Waals surface area contributed by atoms with Gasteiger partial charge in [0.2, 0.25) is 11.8 Å². The van der Waals surface area contributed by atoms with Crippen molar-refractivity contribution in [2.75, 3.05) is 5.75 Å². The first kappa shape index (κ1) is 17.8. The Morgan fingerprint density at radius 1 is 1.36 bits per heavy atom. The third-order valence-electron chi connectivity index (χ3n) is 4.48. The van der Waals surface area contributed by atoms with Crippen molar-refractivity contribution >= 4 is 23.6 Å². The maximum atomic E-state index is 12.8. The van der Waals surface area contributed by atoms with Crippen LogP contribution in [0.1, 0.15) is 50.8 Å². The lowest BCUT2D eigenvalue weighted by Crippen LogP contribution is -2.57. The van der Waals surface area contributed by atoms with Gasteiger partial charge in [-0.15, -0.1) is 11.8 Å². The number of benzene rings is 1. The fourth-order valence-electron chi connectivity index (χ4n) is 3.25. The number of nitriles is 1. The van der Waals surface area contributed by atoms with Crippen LogP contribution < -0.4 is 5.32 Å². The summed E-state index contributed by atoms with van der Waals surface area (Å²) >= 11 is 1.40. The van der Waals surface area contributed by atoms with Crippen molar-refractivity contribution in [1.29, 1.82) is 5.26 Å². The molecule has 3 rings (SSSR count). The fourth-order valence-corrected chi connectivity index (χ4v) is 4.39. The summed E-state index contributed by atoms with van der Waals surface area (Å²) in [5.74, 6) is 0.316. The molecule has 0 bridgehead atoms. The molecular weight excluding hydrogens is 334 g/mol. The summed E-state index contributed by atoms with van der Waals surface area (Å²) in [7, 11) is 0. The van der Waals surface area contributed by atoms with Crippen LogP contribution >= 0.6 is 11.8 Å². The first-order chi connectivity index (χ1) is 11.8. The summed E-state index contributed by atoms with van der Waals surface area (Å²) in [6.07, 6.45) is 2.05. The third-order valence-corrected chi connectivity index (χ3v) is 5.73. The molecule has 5 nitrogen and oxygen atoms in total. The number of nitrogens with zero attached hydrogens (tertiary/aromatic N) is 2. The van der Waals surface area contributed by atoms with Crippen LogP contribution in [0.4, 0.5) is 0 Å². The molecule has 2 fully saturated rings. The minimum atomic E-state index is -0.413. The minimum absolute atomic E-state index is 0.0124. The molecule has 2 amide bonds. The van der Waals surface area contributed by atoms with Crippen LogP contribution in [0.25, 0.3) is 0 Å². The summed E-state index contributed by atoms with van der Waals surface area (Å²) < 4.78 is 0. The second-order valence-corrected chi connectivity index (χ2v) is 8.76. The highest BCUT2D eigenvalue weighted by Gasteiger charge is 2.46. The molecule has 2 unspecified atom stereocenters. The van der Waals surface area contributed by atoms with Crippen molar-refractivity contribution in [2.45, 2.75) is 56.5 Å². The van der Waals surface area contributed by atoms with E-state index in [9.17, 15) is 14.9 Å². The Bertz CT molecular complexity index is 731. The number of thioether (sulfide) groups is 1. The lowest BCUT2D eigenvalue weighted by atomic mass is 9.93. The molecule has 1 heterocycles.